The lowest BCUT2D eigenvalue weighted by Gasteiger charge is -2.05. The Morgan fingerprint density at radius 3 is 2.72 bits per heavy atom. The highest BCUT2D eigenvalue weighted by molar-refractivity contribution is 6.17. The fraction of sp³-hybridized carbons (Fsp3) is 0.538. The number of alkyl halides is 1. The van der Waals surface area contributed by atoms with Gasteiger partial charge in [-0.05, 0) is 18.9 Å². The van der Waals surface area contributed by atoms with Gasteiger partial charge in [-0.25, -0.2) is 0 Å². The minimum absolute atomic E-state index is 0.176. The third-order valence-corrected chi connectivity index (χ3v) is 2.98. The number of amides is 1. The first kappa shape index (κ1) is 14.8. The summed E-state index contributed by atoms with van der Waals surface area (Å²) in [6.45, 7) is 0.635. The summed E-state index contributed by atoms with van der Waals surface area (Å²) in [5.41, 5.74) is 0.239. The summed E-state index contributed by atoms with van der Waals surface area (Å²) in [7, 11) is 1.65. The molecule has 0 fully saturated rings. The number of nitrogens with zero attached hydrogens (tertiary/aromatic N) is 1. The van der Waals surface area contributed by atoms with Gasteiger partial charge < -0.3 is 9.88 Å². The van der Waals surface area contributed by atoms with E-state index < -0.39 is 0 Å². The van der Waals surface area contributed by atoms with Gasteiger partial charge in [0.15, 0.2) is 0 Å². The molecule has 0 aromatic carbocycles. The van der Waals surface area contributed by atoms with Gasteiger partial charge in [-0.3, -0.25) is 9.59 Å². The summed E-state index contributed by atoms with van der Waals surface area (Å²) in [6.07, 6.45) is 5.70. The third kappa shape index (κ3) is 4.92. The minimum Gasteiger partial charge on any atom is -0.352 e. The Morgan fingerprint density at radius 2 is 2.06 bits per heavy atom. The second kappa shape index (κ2) is 7.93. The van der Waals surface area contributed by atoms with Gasteiger partial charge in [-0.2, -0.15) is 0 Å². The molecule has 0 aliphatic heterocycles. The van der Waals surface area contributed by atoms with E-state index in [-0.39, 0.29) is 11.5 Å². The number of pyridine rings is 1. The van der Waals surface area contributed by atoms with Crippen LogP contribution in [0.25, 0.3) is 0 Å². The number of nitrogens with one attached hydrogen (secondary N) is 1. The Kier molecular flexibility index (Phi) is 6.50. The van der Waals surface area contributed by atoms with Crippen molar-refractivity contribution in [2.45, 2.75) is 25.7 Å². The highest BCUT2D eigenvalue weighted by Gasteiger charge is 2.05. The van der Waals surface area contributed by atoms with Crippen LogP contribution in [-0.2, 0) is 7.05 Å². The quantitative estimate of drug-likeness (QED) is 0.608. The van der Waals surface area contributed by atoms with Crippen molar-refractivity contribution >= 4 is 17.5 Å². The van der Waals surface area contributed by atoms with E-state index in [9.17, 15) is 9.59 Å². The molecular weight excluding hydrogens is 252 g/mol. The van der Waals surface area contributed by atoms with Crippen molar-refractivity contribution in [3.8, 4) is 0 Å². The molecule has 0 aliphatic rings. The summed E-state index contributed by atoms with van der Waals surface area (Å²) < 4.78 is 1.43. The van der Waals surface area contributed by atoms with E-state index in [0.29, 0.717) is 18.0 Å². The predicted molar refractivity (Wildman–Crippen MR) is 73.2 cm³/mol. The Labute approximate surface area is 112 Å². The summed E-state index contributed by atoms with van der Waals surface area (Å²) in [4.78, 5) is 23.1. The molecule has 100 valence electrons. The second-order valence-electron chi connectivity index (χ2n) is 4.22. The Balaban J connectivity index is 2.32. The van der Waals surface area contributed by atoms with Crippen LogP contribution in [0.2, 0.25) is 0 Å². The summed E-state index contributed by atoms with van der Waals surface area (Å²) in [5, 5.41) is 2.80. The first-order valence-corrected chi connectivity index (χ1v) is 6.69. The van der Waals surface area contributed by atoms with Gasteiger partial charge in [-0.15, -0.1) is 11.6 Å². The maximum Gasteiger partial charge on any atom is 0.251 e. The van der Waals surface area contributed by atoms with Crippen molar-refractivity contribution in [1.29, 1.82) is 0 Å². The van der Waals surface area contributed by atoms with E-state index in [2.05, 4.69) is 5.32 Å². The molecule has 0 bridgehead atoms. The first-order chi connectivity index (χ1) is 8.65. The normalized spacial score (nSPS) is 10.3. The van der Waals surface area contributed by atoms with Crippen molar-refractivity contribution in [3.05, 3.63) is 34.2 Å². The lowest BCUT2D eigenvalue weighted by Crippen LogP contribution is -2.26. The zero-order valence-electron chi connectivity index (χ0n) is 10.6. The van der Waals surface area contributed by atoms with Crippen LogP contribution in [0.1, 0.15) is 36.0 Å². The topological polar surface area (TPSA) is 51.1 Å². The molecule has 1 heterocycles. The van der Waals surface area contributed by atoms with Crippen molar-refractivity contribution in [3.63, 3.8) is 0 Å². The molecule has 1 aromatic rings. The Bertz CT molecular complexity index is 443. The van der Waals surface area contributed by atoms with E-state index in [4.69, 9.17) is 11.6 Å². The number of hydrogen-bond donors (Lipinski definition) is 1. The summed E-state index contributed by atoms with van der Waals surface area (Å²) in [5.74, 6) is 0.504. The van der Waals surface area contributed by atoms with Gasteiger partial charge in [0.2, 0.25) is 0 Å². The maximum atomic E-state index is 11.7. The summed E-state index contributed by atoms with van der Waals surface area (Å²) in [6, 6.07) is 2.99. The van der Waals surface area contributed by atoms with Gasteiger partial charge in [0, 0.05) is 37.3 Å². The zero-order chi connectivity index (χ0) is 13.4. The molecular formula is C13H19ClN2O2. The molecule has 1 rings (SSSR count). The molecule has 1 aromatic heterocycles. The van der Waals surface area contributed by atoms with Gasteiger partial charge >= 0.3 is 0 Å². The molecule has 0 atom stereocenters. The van der Waals surface area contributed by atoms with Crippen LogP contribution < -0.4 is 10.9 Å². The second-order valence-corrected chi connectivity index (χ2v) is 4.60. The number of halogens is 1. The van der Waals surface area contributed by atoms with Crippen LogP contribution in [0, 0.1) is 0 Å². The third-order valence-electron chi connectivity index (χ3n) is 2.71. The Hall–Kier alpha value is -1.29. The highest BCUT2D eigenvalue weighted by Crippen LogP contribution is 2.00. The monoisotopic (exact) mass is 270 g/mol. The van der Waals surface area contributed by atoms with Crippen LogP contribution in [0.4, 0.5) is 0 Å². The molecule has 1 N–H and O–H groups in total. The van der Waals surface area contributed by atoms with Crippen LogP contribution in [0.15, 0.2) is 23.1 Å². The number of hydrogen-bond acceptors (Lipinski definition) is 2. The molecule has 0 saturated heterocycles. The molecule has 5 heteroatoms. The van der Waals surface area contributed by atoms with Gasteiger partial charge in [-0.1, -0.05) is 12.8 Å². The van der Waals surface area contributed by atoms with Crippen LogP contribution >= 0.6 is 11.6 Å². The zero-order valence-corrected chi connectivity index (χ0v) is 11.4. The average Bonchev–Trinajstić information content (AvgIpc) is 2.36. The number of aryl methyl sites for hydroxylation is 1. The molecule has 0 radical (unpaired) electrons. The van der Waals surface area contributed by atoms with Gasteiger partial charge in [0.1, 0.15) is 0 Å². The number of carbonyl (C=O) groups is 1. The fourth-order valence-electron chi connectivity index (χ4n) is 1.57. The van der Waals surface area contributed by atoms with Gasteiger partial charge in [0.05, 0.1) is 0 Å². The molecule has 18 heavy (non-hydrogen) atoms. The highest BCUT2D eigenvalue weighted by atomic mass is 35.5. The van der Waals surface area contributed by atoms with E-state index in [1.54, 1.807) is 19.3 Å². The number of unbranched alkanes of at least 4 members (excludes halogenated alkanes) is 3. The lowest BCUT2D eigenvalue weighted by molar-refractivity contribution is 0.0952. The van der Waals surface area contributed by atoms with Crippen molar-refractivity contribution in [1.82, 2.24) is 9.88 Å². The van der Waals surface area contributed by atoms with E-state index >= 15 is 0 Å². The molecule has 1 amide bonds. The van der Waals surface area contributed by atoms with Crippen molar-refractivity contribution in [2.75, 3.05) is 12.4 Å². The standard InChI is InChI=1S/C13H19ClN2O2/c1-16-9-6-11(10-12(16)17)13(18)15-8-5-3-2-4-7-14/h6,9-10H,2-5,7-8H2,1H3,(H,15,18). The summed E-state index contributed by atoms with van der Waals surface area (Å²) >= 11 is 5.57. The molecule has 4 nitrogen and oxygen atoms in total. The van der Waals surface area contributed by atoms with Gasteiger partial charge in [0.25, 0.3) is 11.5 Å². The number of carbonyl (C=O) groups excluding carboxylic acids is 1. The first-order valence-electron chi connectivity index (χ1n) is 6.16. The largest absolute Gasteiger partial charge is 0.352 e. The maximum absolute atomic E-state index is 11.7. The lowest BCUT2D eigenvalue weighted by atomic mass is 10.2. The van der Waals surface area contributed by atoms with E-state index in [0.717, 1.165) is 25.7 Å². The smallest absolute Gasteiger partial charge is 0.251 e. The van der Waals surface area contributed by atoms with Crippen LogP contribution in [0.5, 0.6) is 0 Å². The fourth-order valence-corrected chi connectivity index (χ4v) is 1.76. The number of rotatable bonds is 7. The van der Waals surface area contributed by atoms with Crippen molar-refractivity contribution in [2.24, 2.45) is 7.05 Å². The van der Waals surface area contributed by atoms with Crippen molar-refractivity contribution < 1.29 is 4.79 Å². The predicted octanol–water partition coefficient (Wildman–Crippen LogP) is 1.91. The van der Waals surface area contributed by atoms with E-state index in [1.165, 1.54) is 10.6 Å². The minimum atomic E-state index is -0.190. The molecule has 0 unspecified atom stereocenters. The number of aromatic nitrogens is 1. The molecule has 0 spiro atoms. The average molecular weight is 271 g/mol. The van der Waals surface area contributed by atoms with Crippen LogP contribution in [-0.4, -0.2) is 22.9 Å². The molecule has 0 saturated carbocycles. The Morgan fingerprint density at radius 1 is 1.33 bits per heavy atom. The van der Waals surface area contributed by atoms with E-state index in [1.807, 2.05) is 0 Å². The van der Waals surface area contributed by atoms with Crippen LogP contribution in [0.3, 0.4) is 0 Å². The molecule has 0 aliphatic carbocycles. The SMILES string of the molecule is Cn1ccc(C(=O)NCCCCCCCl)cc1=O.